The second-order valence-electron chi connectivity index (χ2n) is 4.80. The molecule has 1 saturated carbocycles. The van der Waals surface area contributed by atoms with E-state index in [4.69, 9.17) is 4.74 Å². The third-order valence-electron chi connectivity index (χ3n) is 3.17. The van der Waals surface area contributed by atoms with Gasteiger partial charge in [-0.1, -0.05) is 13.8 Å². The summed E-state index contributed by atoms with van der Waals surface area (Å²) in [4.78, 5) is 21.5. The number of hydrogen-bond acceptors (Lipinski definition) is 3. The van der Waals surface area contributed by atoms with Crippen LogP contribution in [0.5, 0.6) is 0 Å². The maximum Gasteiger partial charge on any atom is 0.307 e. The van der Waals surface area contributed by atoms with E-state index < -0.39 is 0 Å². The summed E-state index contributed by atoms with van der Waals surface area (Å²) in [6.07, 6.45) is 3.94. The number of ketones is 1. The van der Waals surface area contributed by atoms with E-state index in [-0.39, 0.29) is 17.2 Å². The lowest BCUT2D eigenvalue weighted by atomic mass is 10.1. The average Bonchev–Trinajstić information content (AvgIpc) is 2.54. The van der Waals surface area contributed by atoms with Gasteiger partial charge in [-0.3, -0.25) is 4.79 Å². The summed E-state index contributed by atoms with van der Waals surface area (Å²) in [7, 11) is 0. The van der Waals surface area contributed by atoms with E-state index in [2.05, 4.69) is 13.8 Å². The van der Waals surface area contributed by atoms with Crippen LogP contribution in [0.3, 0.4) is 0 Å². The van der Waals surface area contributed by atoms with Crippen molar-refractivity contribution in [2.24, 2.45) is 17.3 Å². The summed E-state index contributed by atoms with van der Waals surface area (Å²) in [6, 6.07) is 0. The molecule has 1 fully saturated rings. The molecule has 2 atom stereocenters. The van der Waals surface area contributed by atoms with Gasteiger partial charge in [-0.15, -0.1) is 0 Å². The third kappa shape index (κ3) is 2.91. The van der Waals surface area contributed by atoms with Crippen molar-refractivity contribution < 1.29 is 14.3 Å². The van der Waals surface area contributed by atoms with Crippen LogP contribution in [-0.2, 0) is 14.3 Å². The Labute approximate surface area is 90.5 Å². The van der Waals surface area contributed by atoms with E-state index in [9.17, 15) is 9.59 Å². The van der Waals surface area contributed by atoms with Crippen LogP contribution in [0.1, 0.15) is 34.1 Å². The molecule has 0 N–H and O–H groups in total. The Morgan fingerprint density at radius 2 is 1.93 bits per heavy atom. The summed E-state index contributed by atoms with van der Waals surface area (Å²) < 4.78 is 4.73. The second-order valence-corrected chi connectivity index (χ2v) is 4.80. The molecule has 0 aliphatic heterocycles. The Hall–Kier alpha value is -1.12. The summed E-state index contributed by atoms with van der Waals surface area (Å²) in [5.41, 5.74) is 0.155. The van der Waals surface area contributed by atoms with Gasteiger partial charge < -0.3 is 9.53 Å². The smallest absolute Gasteiger partial charge is 0.307 e. The summed E-state index contributed by atoms with van der Waals surface area (Å²) >= 11 is 0. The normalized spacial score (nSPS) is 27.7. The molecule has 15 heavy (non-hydrogen) atoms. The first-order valence-corrected chi connectivity index (χ1v) is 5.19. The number of esters is 1. The minimum atomic E-state index is -0.312. The SMILES string of the molecule is CC(=O)C[C@H]1[C@H](C=COC(C)=O)C1(C)C. The Balaban J connectivity index is 2.47. The molecular weight excluding hydrogens is 192 g/mol. The summed E-state index contributed by atoms with van der Waals surface area (Å²) in [5, 5.41) is 0. The molecular formula is C12H18O3. The van der Waals surface area contributed by atoms with Crippen molar-refractivity contribution in [1.29, 1.82) is 0 Å². The number of allylic oxidation sites excluding steroid dienone is 1. The predicted molar refractivity (Wildman–Crippen MR) is 57.0 cm³/mol. The van der Waals surface area contributed by atoms with Crippen LogP contribution in [0.25, 0.3) is 0 Å². The monoisotopic (exact) mass is 210 g/mol. The minimum absolute atomic E-state index is 0.155. The van der Waals surface area contributed by atoms with Crippen LogP contribution in [0.4, 0.5) is 0 Å². The fourth-order valence-electron chi connectivity index (χ4n) is 2.09. The lowest BCUT2D eigenvalue weighted by Crippen LogP contribution is -1.96. The zero-order valence-corrected chi connectivity index (χ0v) is 9.74. The summed E-state index contributed by atoms with van der Waals surface area (Å²) in [5.74, 6) is 0.645. The highest BCUT2D eigenvalue weighted by molar-refractivity contribution is 5.76. The molecule has 1 aliphatic rings. The number of ether oxygens (including phenoxy) is 1. The van der Waals surface area contributed by atoms with Gasteiger partial charge in [-0.25, -0.2) is 0 Å². The maximum absolute atomic E-state index is 11.0. The maximum atomic E-state index is 11.0. The fourth-order valence-corrected chi connectivity index (χ4v) is 2.09. The molecule has 0 bridgehead atoms. The minimum Gasteiger partial charge on any atom is -0.435 e. The third-order valence-corrected chi connectivity index (χ3v) is 3.17. The lowest BCUT2D eigenvalue weighted by molar-refractivity contribution is -0.135. The molecule has 0 aromatic heterocycles. The van der Waals surface area contributed by atoms with Crippen LogP contribution in [0, 0.1) is 17.3 Å². The first kappa shape index (κ1) is 12.0. The highest BCUT2D eigenvalue weighted by atomic mass is 16.5. The van der Waals surface area contributed by atoms with Crippen molar-refractivity contribution in [3.63, 3.8) is 0 Å². The molecule has 0 amide bonds. The molecule has 0 aromatic rings. The Morgan fingerprint density at radius 1 is 1.33 bits per heavy atom. The van der Waals surface area contributed by atoms with Gasteiger partial charge in [0, 0.05) is 13.3 Å². The summed E-state index contributed by atoms with van der Waals surface area (Å²) in [6.45, 7) is 7.24. The van der Waals surface area contributed by atoms with E-state index in [1.807, 2.05) is 6.08 Å². The van der Waals surface area contributed by atoms with Crippen molar-refractivity contribution in [3.8, 4) is 0 Å². The molecule has 3 heteroatoms. The topological polar surface area (TPSA) is 43.4 Å². The van der Waals surface area contributed by atoms with Crippen molar-refractivity contribution in [2.75, 3.05) is 0 Å². The molecule has 1 rings (SSSR count). The van der Waals surface area contributed by atoms with Crippen LogP contribution in [0.2, 0.25) is 0 Å². The largest absolute Gasteiger partial charge is 0.435 e. The average molecular weight is 210 g/mol. The highest BCUT2D eigenvalue weighted by Gasteiger charge is 2.56. The molecule has 0 radical (unpaired) electrons. The van der Waals surface area contributed by atoms with Gasteiger partial charge >= 0.3 is 5.97 Å². The molecule has 3 nitrogen and oxygen atoms in total. The van der Waals surface area contributed by atoms with Gasteiger partial charge in [0.1, 0.15) is 5.78 Å². The van der Waals surface area contributed by atoms with E-state index in [0.29, 0.717) is 18.3 Å². The predicted octanol–water partition coefficient (Wildman–Crippen LogP) is 2.31. The first-order chi connectivity index (χ1) is 6.85. The molecule has 0 spiro atoms. The van der Waals surface area contributed by atoms with Crippen molar-refractivity contribution in [2.45, 2.75) is 34.1 Å². The van der Waals surface area contributed by atoms with Gasteiger partial charge in [0.05, 0.1) is 6.26 Å². The van der Waals surface area contributed by atoms with Crippen LogP contribution >= 0.6 is 0 Å². The number of carbonyl (C=O) groups excluding carboxylic acids is 2. The highest BCUT2D eigenvalue weighted by Crippen LogP contribution is 2.60. The number of Topliss-reactive ketones (excluding diaryl/α,β-unsaturated/α-hetero) is 1. The van der Waals surface area contributed by atoms with Gasteiger partial charge in [0.2, 0.25) is 0 Å². The first-order valence-electron chi connectivity index (χ1n) is 5.19. The Kier molecular flexibility index (Phi) is 3.32. The second kappa shape index (κ2) is 4.17. The molecule has 0 aromatic carbocycles. The van der Waals surface area contributed by atoms with E-state index >= 15 is 0 Å². The van der Waals surface area contributed by atoms with Crippen LogP contribution in [-0.4, -0.2) is 11.8 Å². The van der Waals surface area contributed by atoms with E-state index in [1.54, 1.807) is 6.92 Å². The lowest BCUT2D eigenvalue weighted by Gasteiger charge is -1.98. The van der Waals surface area contributed by atoms with E-state index in [1.165, 1.54) is 13.2 Å². The number of rotatable bonds is 4. The number of hydrogen-bond donors (Lipinski definition) is 0. The standard InChI is InChI=1S/C12H18O3/c1-8(13)7-11-10(12(11,3)4)5-6-15-9(2)14/h5-6,10-11H,7H2,1-4H3/t10-,11-/m0/s1. The fraction of sp³-hybridized carbons (Fsp3) is 0.667. The zero-order chi connectivity index (χ0) is 11.6. The van der Waals surface area contributed by atoms with Gasteiger partial charge in [-0.05, 0) is 30.3 Å². The molecule has 84 valence electrons. The zero-order valence-electron chi connectivity index (χ0n) is 9.74. The van der Waals surface area contributed by atoms with Gasteiger partial charge in [-0.2, -0.15) is 0 Å². The number of carbonyl (C=O) groups is 2. The Morgan fingerprint density at radius 3 is 2.40 bits per heavy atom. The molecule has 0 saturated heterocycles. The van der Waals surface area contributed by atoms with Crippen molar-refractivity contribution in [1.82, 2.24) is 0 Å². The van der Waals surface area contributed by atoms with Crippen molar-refractivity contribution in [3.05, 3.63) is 12.3 Å². The van der Waals surface area contributed by atoms with Crippen molar-refractivity contribution >= 4 is 11.8 Å². The van der Waals surface area contributed by atoms with Crippen LogP contribution < -0.4 is 0 Å². The van der Waals surface area contributed by atoms with Gasteiger partial charge in [0.15, 0.2) is 0 Å². The molecule has 1 aliphatic carbocycles. The Bertz CT molecular complexity index is 302. The quantitative estimate of drug-likeness (QED) is 0.528. The van der Waals surface area contributed by atoms with Gasteiger partial charge in [0.25, 0.3) is 0 Å². The van der Waals surface area contributed by atoms with E-state index in [0.717, 1.165) is 0 Å². The molecule has 0 unspecified atom stereocenters. The van der Waals surface area contributed by atoms with Crippen LogP contribution in [0.15, 0.2) is 12.3 Å². The molecule has 0 heterocycles.